The Morgan fingerprint density at radius 3 is 2.69 bits per heavy atom. The fourth-order valence-corrected chi connectivity index (χ4v) is 6.39. The van der Waals surface area contributed by atoms with Crippen LogP contribution in [0.2, 0.25) is 0 Å². The van der Waals surface area contributed by atoms with Crippen molar-refractivity contribution >= 4 is 38.9 Å². The van der Waals surface area contributed by atoms with Crippen molar-refractivity contribution in [1.82, 2.24) is 9.62 Å². The molecule has 2 aromatic rings. The van der Waals surface area contributed by atoms with Gasteiger partial charge in [-0.2, -0.15) is 4.31 Å². The number of benzene rings is 1. The van der Waals surface area contributed by atoms with E-state index in [1.54, 1.807) is 17.4 Å². The molecule has 1 N–H and O–H groups in total. The Balaban J connectivity index is 1.48. The number of hydrogen-bond acceptors (Lipinski definition) is 6. The molecule has 0 atom stereocenters. The number of fused-ring (bicyclic) bond motifs is 1. The van der Waals surface area contributed by atoms with Crippen LogP contribution in [-0.2, 0) is 26.0 Å². The van der Waals surface area contributed by atoms with Crippen molar-refractivity contribution in [2.24, 2.45) is 0 Å². The monoisotopic (exact) mass is 477 g/mol. The number of carbonyl (C=O) groups is 2. The molecule has 0 saturated carbocycles. The second-order valence-electron chi connectivity index (χ2n) is 7.99. The largest absolute Gasteiger partial charge is 0.482 e. The van der Waals surface area contributed by atoms with Crippen LogP contribution in [0.5, 0.6) is 5.75 Å². The summed E-state index contributed by atoms with van der Waals surface area (Å²) in [6.07, 6.45) is 3.42. The van der Waals surface area contributed by atoms with Gasteiger partial charge in [-0.1, -0.05) is 6.42 Å². The molecule has 2 aliphatic heterocycles. The summed E-state index contributed by atoms with van der Waals surface area (Å²) in [7, 11) is -3.67. The number of nitrogens with zero attached hydrogens (tertiary/aromatic N) is 2. The number of anilines is 1. The molecule has 10 heteroatoms. The third-order valence-electron chi connectivity index (χ3n) is 5.77. The van der Waals surface area contributed by atoms with Crippen molar-refractivity contribution in [3.05, 3.63) is 40.1 Å². The van der Waals surface area contributed by atoms with Gasteiger partial charge in [0.1, 0.15) is 12.3 Å². The summed E-state index contributed by atoms with van der Waals surface area (Å²) in [6, 6.07) is 6.54. The van der Waals surface area contributed by atoms with E-state index in [1.807, 2.05) is 18.4 Å². The maximum atomic E-state index is 13.1. The maximum Gasteiger partial charge on any atom is 0.265 e. The van der Waals surface area contributed by atoms with E-state index < -0.39 is 10.0 Å². The van der Waals surface area contributed by atoms with Crippen LogP contribution in [0.25, 0.3) is 0 Å². The summed E-state index contributed by atoms with van der Waals surface area (Å²) in [4.78, 5) is 27.7. The van der Waals surface area contributed by atoms with Crippen LogP contribution in [-0.4, -0.2) is 57.3 Å². The Hall–Kier alpha value is -2.43. The van der Waals surface area contributed by atoms with E-state index in [2.05, 4.69) is 5.32 Å². The van der Waals surface area contributed by atoms with E-state index in [1.165, 1.54) is 31.8 Å². The molecule has 1 saturated heterocycles. The third-order valence-corrected chi connectivity index (χ3v) is 8.75. The van der Waals surface area contributed by atoms with Gasteiger partial charge in [0.05, 0.1) is 10.6 Å². The first-order valence-electron chi connectivity index (χ1n) is 10.7. The highest BCUT2D eigenvalue weighted by atomic mass is 32.2. The molecule has 4 rings (SSSR count). The summed E-state index contributed by atoms with van der Waals surface area (Å²) in [5.74, 6) is -0.289. The number of nitrogens with one attached hydrogen (secondary N) is 1. The Labute approximate surface area is 192 Å². The van der Waals surface area contributed by atoms with Crippen molar-refractivity contribution in [2.75, 3.05) is 37.7 Å². The van der Waals surface area contributed by atoms with Crippen LogP contribution in [0.4, 0.5) is 5.69 Å². The van der Waals surface area contributed by atoms with Crippen LogP contribution in [0.3, 0.4) is 0 Å². The Kier molecular flexibility index (Phi) is 6.82. The van der Waals surface area contributed by atoms with Crippen LogP contribution >= 0.6 is 11.3 Å². The molecule has 0 aliphatic carbocycles. The van der Waals surface area contributed by atoms with Gasteiger partial charge in [0, 0.05) is 24.5 Å². The standard InChI is InChI=1S/C22H27N3O5S2/c1-16-8-12-31-20(16)7-9-23-21(26)14-25-18-13-17(5-6-19(18)30-15-22(25)27)32(28,29)24-10-3-2-4-11-24/h5-6,8,12-13H,2-4,7,9-11,14-15H2,1H3,(H,23,26). The smallest absolute Gasteiger partial charge is 0.265 e. The van der Waals surface area contributed by atoms with Gasteiger partial charge in [-0.05, 0) is 61.4 Å². The highest BCUT2D eigenvalue weighted by molar-refractivity contribution is 7.89. The van der Waals surface area contributed by atoms with Gasteiger partial charge in [0.2, 0.25) is 15.9 Å². The zero-order valence-electron chi connectivity index (χ0n) is 18.0. The molecule has 0 radical (unpaired) electrons. The number of hydrogen-bond donors (Lipinski definition) is 1. The minimum atomic E-state index is -3.67. The molecule has 8 nitrogen and oxygen atoms in total. The molecule has 0 spiro atoms. The van der Waals surface area contributed by atoms with Crippen molar-refractivity contribution in [2.45, 2.75) is 37.5 Å². The Morgan fingerprint density at radius 2 is 1.97 bits per heavy atom. The van der Waals surface area contributed by atoms with Crippen molar-refractivity contribution in [3.8, 4) is 5.75 Å². The van der Waals surface area contributed by atoms with E-state index in [-0.39, 0.29) is 29.9 Å². The summed E-state index contributed by atoms with van der Waals surface area (Å²) in [5.41, 5.74) is 1.51. The van der Waals surface area contributed by atoms with Gasteiger partial charge in [-0.3, -0.25) is 14.5 Å². The van der Waals surface area contributed by atoms with Gasteiger partial charge in [0.25, 0.3) is 5.91 Å². The number of carbonyl (C=O) groups excluding carboxylic acids is 2. The molecule has 1 aromatic carbocycles. The van der Waals surface area contributed by atoms with Gasteiger partial charge >= 0.3 is 0 Å². The normalized spacial score (nSPS) is 17.0. The molecule has 2 aliphatic rings. The van der Waals surface area contributed by atoms with Crippen LogP contribution < -0.4 is 15.0 Å². The highest BCUT2D eigenvalue weighted by Crippen LogP contribution is 2.35. The lowest BCUT2D eigenvalue weighted by Gasteiger charge is -2.30. The fraction of sp³-hybridized carbons (Fsp3) is 0.455. The molecule has 1 aromatic heterocycles. The number of amides is 2. The van der Waals surface area contributed by atoms with E-state index in [4.69, 9.17) is 4.74 Å². The topological polar surface area (TPSA) is 96.0 Å². The van der Waals surface area contributed by atoms with E-state index >= 15 is 0 Å². The summed E-state index contributed by atoms with van der Waals surface area (Å²) in [6.45, 7) is 3.11. The van der Waals surface area contributed by atoms with Gasteiger partial charge in [-0.15, -0.1) is 11.3 Å². The number of aryl methyl sites for hydroxylation is 1. The zero-order valence-corrected chi connectivity index (χ0v) is 19.6. The SMILES string of the molecule is Cc1ccsc1CCNC(=O)CN1C(=O)COc2ccc(S(=O)(=O)N3CCCCC3)cc21. The average Bonchev–Trinajstić information content (AvgIpc) is 3.20. The lowest BCUT2D eigenvalue weighted by Crippen LogP contribution is -2.45. The molecule has 1 fully saturated rings. The third kappa shape index (κ3) is 4.82. The maximum absolute atomic E-state index is 13.1. The first-order chi connectivity index (χ1) is 15.4. The van der Waals surface area contributed by atoms with Crippen molar-refractivity contribution in [1.29, 1.82) is 0 Å². The number of thiophene rings is 1. The van der Waals surface area contributed by atoms with Crippen LogP contribution in [0, 0.1) is 6.92 Å². The van der Waals surface area contributed by atoms with E-state index in [9.17, 15) is 18.0 Å². The highest BCUT2D eigenvalue weighted by Gasteiger charge is 2.31. The van der Waals surface area contributed by atoms with Crippen molar-refractivity contribution < 1.29 is 22.7 Å². The predicted octanol–water partition coefficient (Wildman–Crippen LogP) is 2.32. The summed E-state index contributed by atoms with van der Waals surface area (Å²) in [5, 5.41) is 4.87. The number of piperidine rings is 1. The Bertz CT molecular complexity index is 1110. The molecule has 2 amide bonds. The van der Waals surface area contributed by atoms with Gasteiger partial charge in [-0.25, -0.2) is 8.42 Å². The number of ether oxygens (including phenoxy) is 1. The molecular weight excluding hydrogens is 450 g/mol. The molecule has 0 unspecified atom stereocenters. The molecule has 0 bridgehead atoms. The summed E-state index contributed by atoms with van der Waals surface area (Å²) < 4.78 is 33.1. The van der Waals surface area contributed by atoms with Crippen LogP contribution in [0.15, 0.2) is 34.5 Å². The quantitative estimate of drug-likeness (QED) is 0.660. The average molecular weight is 478 g/mol. The predicted molar refractivity (Wildman–Crippen MR) is 123 cm³/mol. The molecule has 3 heterocycles. The number of rotatable bonds is 7. The second-order valence-corrected chi connectivity index (χ2v) is 10.9. The lowest BCUT2D eigenvalue weighted by molar-refractivity contribution is -0.125. The summed E-state index contributed by atoms with van der Waals surface area (Å²) >= 11 is 1.65. The lowest BCUT2D eigenvalue weighted by atomic mass is 10.2. The van der Waals surface area contributed by atoms with Crippen molar-refractivity contribution in [3.63, 3.8) is 0 Å². The minimum Gasteiger partial charge on any atom is -0.482 e. The fourth-order valence-electron chi connectivity index (χ4n) is 3.95. The molecule has 172 valence electrons. The minimum absolute atomic E-state index is 0.107. The molecular formula is C22H27N3O5S2. The first kappa shape index (κ1) is 22.8. The number of sulfonamides is 1. The first-order valence-corrected chi connectivity index (χ1v) is 13.1. The Morgan fingerprint density at radius 1 is 1.19 bits per heavy atom. The van der Waals surface area contributed by atoms with Gasteiger partial charge in [0.15, 0.2) is 6.61 Å². The van der Waals surface area contributed by atoms with Gasteiger partial charge < -0.3 is 10.1 Å². The zero-order chi connectivity index (χ0) is 22.7. The molecule has 32 heavy (non-hydrogen) atoms. The van der Waals surface area contributed by atoms with E-state index in [0.717, 1.165) is 25.7 Å². The van der Waals surface area contributed by atoms with Crippen LogP contribution in [0.1, 0.15) is 29.7 Å². The van der Waals surface area contributed by atoms with E-state index in [0.29, 0.717) is 31.1 Å². The second kappa shape index (κ2) is 9.60.